The topological polar surface area (TPSA) is 72.2 Å². The van der Waals surface area contributed by atoms with E-state index in [0.29, 0.717) is 6.07 Å². The molecule has 0 aliphatic rings. The molecule has 0 saturated heterocycles. The molecule has 0 saturated carbocycles. The molecule has 1 aromatic carbocycles. The molecular formula is C10H14F2N2O2S. The van der Waals surface area contributed by atoms with Crippen LogP contribution < -0.4 is 11.3 Å². The lowest BCUT2D eigenvalue weighted by Crippen LogP contribution is -2.39. The molecule has 0 amide bonds. The molecule has 0 spiro atoms. The van der Waals surface area contributed by atoms with Crippen LogP contribution in [0, 0.1) is 11.6 Å². The molecule has 17 heavy (non-hydrogen) atoms. The number of nitrogens with two attached hydrogens (primary N) is 1. The molecule has 1 aromatic rings. The summed E-state index contributed by atoms with van der Waals surface area (Å²) in [5.41, 5.74) is 2.26. The predicted octanol–water partition coefficient (Wildman–Crippen LogP) is 0.902. The Kier molecular flexibility index (Phi) is 4.18. The Hall–Kier alpha value is -1.05. The standard InChI is InChI=1S/C10H14F2N2O2S/c1-6(17(2,15)16)10(14-13)8-4-3-7(11)5-9(8)12/h3-6,10,14H,13H2,1-2H3. The summed E-state index contributed by atoms with van der Waals surface area (Å²) in [5.74, 6) is 3.68. The van der Waals surface area contributed by atoms with Gasteiger partial charge in [0.2, 0.25) is 0 Å². The van der Waals surface area contributed by atoms with Gasteiger partial charge in [-0.25, -0.2) is 17.2 Å². The fraction of sp³-hybridized carbons (Fsp3) is 0.400. The molecular weight excluding hydrogens is 250 g/mol. The summed E-state index contributed by atoms with van der Waals surface area (Å²) in [7, 11) is -3.39. The van der Waals surface area contributed by atoms with Gasteiger partial charge in [0.05, 0.1) is 11.3 Å². The van der Waals surface area contributed by atoms with Crippen LogP contribution in [0.1, 0.15) is 18.5 Å². The van der Waals surface area contributed by atoms with Crippen molar-refractivity contribution < 1.29 is 17.2 Å². The second kappa shape index (κ2) is 5.07. The number of nitrogens with one attached hydrogen (secondary N) is 1. The SMILES string of the molecule is CC(C(NN)c1ccc(F)cc1F)S(C)(=O)=O. The predicted molar refractivity (Wildman–Crippen MR) is 60.7 cm³/mol. The van der Waals surface area contributed by atoms with E-state index in [2.05, 4.69) is 5.43 Å². The van der Waals surface area contributed by atoms with Gasteiger partial charge in [0.15, 0.2) is 9.84 Å². The molecule has 3 N–H and O–H groups in total. The highest BCUT2D eigenvalue weighted by molar-refractivity contribution is 7.91. The first-order chi connectivity index (χ1) is 7.77. The maximum Gasteiger partial charge on any atom is 0.151 e. The highest BCUT2D eigenvalue weighted by Gasteiger charge is 2.28. The monoisotopic (exact) mass is 264 g/mol. The van der Waals surface area contributed by atoms with Gasteiger partial charge in [-0.05, 0) is 13.0 Å². The van der Waals surface area contributed by atoms with Gasteiger partial charge in [-0.3, -0.25) is 11.3 Å². The van der Waals surface area contributed by atoms with Crippen LogP contribution in [0.4, 0.5) is 8.78 Å². The number of sulfone groups is 1. The van der Waals surface area contributed by atoms with Gasteiger partial charge in [0.25, 0.3) is 0 Å². The number of rotatable bonds is 4. The Morgan fingerprint density at radius 3 is 2.35 bits per heavy atom. The summed E-state index contributed by atoms with van der Waals surface area (Å²) in [5, 5.41) is -0.924. The Bertz CT molecular complexity index is 505. The summed E-state index contributed by atoms with van der Waals surface area (Å²) in [6, 6.07) is 1.99. The van der Waals surface area contributed by atoms with Crippen molar-refractivity contribution in [1.82, 2.24) is 5.43 Å². The highest BCUT2D eigenvalue weighted by atomic mass is 32.2. The normalized spacial score (nSPS) is 15.6. The molecule has 0 fully saturated rings. The number of hydrogen-bond acceptors (Lipinski definition) is 4. The minimum atomic E-state index is -3.39. The van der Waals surface area contributed by atoms with Crippen molar-refractivity contribution >= 4 is 9.84 Å². The van der Waals surface area contributed by atoms with Gasteiger partial charge >= 0.3 is 0 Å². The van der Waals surface area contributed by atoms with Crippen LogP contribution in [-0.2, 0) is 9.84 Å². The molecule has 2 atom stereocenters. The Morgan fingerprint density at radius 1 is 1.35 bits per heavy atom. The van der Waals surface area contributed by atoms with E-state index < -0.39 is 32.8 Å². The summed E-state index contributed by atoms with van der Waals surface area (Å²) in [6.07, 6.45) is 1.03. The van der Waals surface area contributed by atoms with Gasteiger partial charge in [0, 0.05) is 17.9 Å². The van der Waals surface area contributed by atoms with Crippen LogP contribution in [0.3, 0.4) is 0 Å². The molecule has 7 heteroatoms. The first-order valence-corrected chi connectivity index (χ1v) is 6.82. The lowest BCUT2D eigenvalue weighted by atomic mass is 10.0. The Labute approximate surface area is 98.7 Å². The van der Waals surface area contributed by atoms with E-state index in [1.165, 1.54) is 13.0 Å². The Morgan fingerprint density at radius 2 is 1.94 bits per heavy atom. The molecule has 96 valence electrons. The van der Waals surface area contributed by atoms with Crippen molar-refractivity contribution in [3.05, 3.63) is 35.4 Å². The largest absolute Gasteiger partial charge is 0.271 e. The third-order valence-electron chi connectivity index (χ3n) is 2.62. The second-order valence-electron chi connectivity index (χ2n) is 3.84. The van der Waals surface area contributed by atoms with Crippen molar-refractivity contribution in [3.8, 4) is 0 Å². The average Bonchev–Trinajstić information content (AvgIpc) is 2.20. The number of benzene rings is 1. The third-order valence-corrected chi connectivity index (χ3v) is 4.24. The van der Waals surface area contributed by atoms with E-state index in [1.54, 1.807) is 0 Å². The summed E-state index contributed by atoms with van der Waals surface area (Å²) in [6.45, 7) is 1.41. The summed E-state index contributed by atoms with van der Waals surface area (Å²) >= 11 is 0. The zero-order valence-corrected chi connectivity index (χ0v) is 10.3. The van der Waals surface area contributed by atoms with Gasteiger partial charge in [0.1, 0.15) is 11.6 Å². The quantitative estimate of drug-likeness (QED) is 0.626. The second-order valence-corrected chi connectivity index (χ2v) is 6.25. The van der Waals surface area contributed by atoms with Crippen molar-refractivity contribution in [3.63, 3.8) is 0 Å². The van der Waals surface area contributed by atoms with E-state index in [0.717, 1.165) is 12.3 Å². The molecule has 1 rings (SSSR count). The number of halogens is 2. The molecule has 4 nitrogen and oxygen atoms in total. The van der Waals surface area contributed by atoms with Crippen LogP contribution in [-0.4, -0.2) is 19.9 Å². The molecule has 0 radical (unpaired) electrons. The zero-order valence-electron chi connectivity index (χ0n) is 9.44. The molecule has 0 heterocycles. The molecule has 0 aliphatic carbocycles. The summed E-state index contributed by atoms with van der Waals surface area (Å²) < 4.78 is 49.0. The van der Waals surface area contributed by atoms with E-state index in [1.807, 2.05) is 0 Å². The number of hydrazine groups is 1. The molecule has 0 aliphatic heterocycles. The molecule has 0 bridgehead atoms. The first-order valence-electron chi connectivity index (χ1n) is 4.87. The van der Waals surface area contributed by atoms with Gasteiger partial charge in [-0.2, -0.15) is 0 Å². The van der Waals surface area contributed by atoms with Gasteiger partial charge in [-0.1, -0.05) is 6.07 Å². The maximum atomic E-state index is 13.5. The lowest BCUT2D eigenvalue weighted by molar-refractivity contribution is 0.484. The van der Waals surface area contributed by atoms with Crippen molar-refractivity contribution in [2.24, 2.45) is 5.84 Å². The molecule has 2 unspecified atom stereocenters. The summed E-state index contributed by atoms with van der Waals surface area (Å²) in [4.78, 5) is 0. The molecule has 0 aromatic heterocycles. The first kappa shape index (κ1) is 14.0. The fourth-order valence-corrected chi connectivity index (χ4v) is 2.20. The van der Waals surface area contributed by atoms with Gasteiger partial charge in [-0.15, -0.1) is 0 Å². The lowest BCUT2D eigenvalue weighted by Gasteiger charge is -2.22. The van der Waals surface area contributed by atoms with E-state index in [-0.39, 0.29) is 5.56 Å². The van der Waals surface area contributed by atoms with Crippen LogP contribution in [0.15, 0.2) is 18.2 Å². The van der Waals surface area contributed by atoms with Crippen molar-refractivity contribution in [2.45, 2.75) is 18.2 Å². The highest BCUT2D eigenvalue weighted by Crippen LogP contribution is 2.24. The van der Waals surface area contributed by atoms with Crippen LogP contribution in [0.2, 0.25) is 0 Å². The minimum absolute atomic E-state index is 0.0202. The van der Waals surface area contributed by atoms with Crippen LogP contribution >= 0.6 is 0 Å². The zero-order chi connectivity index (χ0) is 13.2. The van der Waals surface area contributed by atoms with E-state index >= 15 is 0 Å². The van der Waals surface area contributed by atoms with Crippen molar-refractivity contribution in [1.29, 1.82) is 0 Å². The van der Waals surface area contributed by atoms with Gasteiger partial charge < -0.3 is 0 Å². The average molecular weight is 264 g/mol. The van der Waals surface area contributed by atoms with Crippen LogP contribution in [0.25, 0.3) is 0 Å². The third kappa shape index (κ3) is 3.21. The number of hydrogen-bond donors (Lipinski definition) is 2. The van der Waals surface area contributed by atoms with Crippen molar-refractivity contribution in [2.75, 3.05) is 6.26 Å². The van der Waals surface area contributed by atoms with E-state index in [9.17, 15) is 17.2 Å². The smallest absolute Gasteiger partial charge is 0.151 e. The van der Waals surface area contributed by atoms with Crippen LogP contribution in [0.5, 0.6) is 0 Å². The fourth-order valence-electron chi connectivity index (χ4n) is 1.48. The van der Waals surface area contributed by atoms with E-state index in [4.69, 9.17) is 5.84 Å². The Balaban J connectivity index is 3.19. The minimum Gasteiger partial charge on any atom is -0.271 e. The maximum absolute atomic E-state index is 13.5.